The first-order valence-electron chi connectivity index (χ1n) is 8.51. The van der Waals surface area contributed by atoms with E-state index in [1.54, 1.807) is 0 Å². The molecular formula is C19H18FN3O5S. The van der Waals surface area contributed by atoms with Crippen molar-refractivity contribution < 1.29 is 27.2 Å². The van der Waals surface area contributed by atoms with Crippen molar-refractivity contribution in [2.45, 2.75) is 17.4 Å². The van der Waals surface area contributed by atoms with Gasteiger partial charge in [-0.1, -0.05) is 18.2 Å². The number of halogens is 1. The second-order valence-electron chi connectivity index (χ2n) is 6.80. The van der Waals surface area contributed by atoms with Crippen molar-refractivity contribution in [3.05, 3.63) is 59.9 Å². The summed E-state index contributed by atoms with van der Waals surface area (Å²) in [5.41, 5.74) is -0.839. The highest BCUT2D eigenvalue weighted by atomic mass is 32.2. The number of urea groups is 1. The Balaban J connectivity index is 1.75. The van der Waals surface area contributed by atoms with Crippen molar-refractivity contribution >= 4 is 33.4 Å². The van der Waals surface area contributed by atoms with Crippen LogP contribution >= 0.6 is 0 Å². The van der Waals surface area contributed by atoms with Crippen molar-refractivity contribution in [3.63, 3.8) is 0 Å². The van der Waals surface area contributed by atoms with Crippen LogP contribution in [-0.2, 0) is 25.0 Å². The Bertz CT molecular complexity index is 1100. The number of nitrogens with zero attached hydrogens (tertiary/aromatic N) is 1. The van der Waals surface area contributed by atoms with Gasteiger partial charge in [0.1, 0.15) is 17.9 Å². The van der Waals surface area contributed by atoms with Crippen LogP contribution in [0.4, 0.5) is 14.9 Å². The number of anilines is 1. The highest BCUT2D eigenvalue weighted by Crippen LogP contribution is 2.29. The summed E-state index contributed by atoms with van der Waals surface area (Å²) in [6.07, 6.45) is 1.04. The molecule has 152 valence electrons. The average Bonchev–Trinajstić information content (AvgIpc) is 2.86. The van der Waals surface area contributed by atoms with E-state index in [4.69, 9.17) is 0 Å². The van der Waals surface area contributed by atoms with Gasteiger partial charge in [0.05, 0.1) is 4.90 Å². The van der Waals surface area contributed by atoms with Gasteiger partial charge in [-0.2, -0.15) is 0 Å². The number of imide groups is 1. The molecule has 10 heteroatoms. The molecule has 29 heavy (non-hydrogen) atoms. The molecule has 0 radical (unpaired) electrons. The predicted molar refractivity (Wildman–Crippen MR) is 102 cm³/mol. The number of carbonyl (C=O) groups excluding carboxylic acids is 3. The Morgan fingerprint density at radius 3 is 2.45 bits per heavy atom. The molecular weight excluding hydrogens is 401 g/mol. The lowest BCUT2D eigenvalue weighted by Crippen LogP contribution is -2.42. The zero-order valence-electron chi connectivity index (χ0n) is 15.6. The van der Waals surface area contributed by atoms with Crippen LogP contribution in [0.3, 0.4) is 0 Å². The third-order valence-corrected chi connectivity index (χ3v) is 5.65. The summed E-state index contributed by atoms with van der Waals surface area (Å²) in [6, 6.07) is 9.96. The lowest BCUT2D eigenvalue weighted by Gasteiger charge is -2.22. The van der Waals surface area contributed by atoms with Crippen LogP contribution in [0, 0.1) is 5.82 Å². The largest absolute Gasteiger partial charge is 0.325 e. The van der Waals surface area contributed by atoms with Gasteiger partial charge in [-0.15, -0.1) is 0 Å². The van der Waals surface area contributed by atoms with E-state index in [-0.39, 0.29) is 10.6 Å². The maximum absolute atomic E-state index is 13.2. The summed E-state index contributed by atoms with van der Waals surface area (Å²) in [4.78, 5) is 38.2. The lowest BCUT2D eigenvalue weighted by molar-refractivity contribution is -0.133. The minimum atomic E-state index is -3.46. The van der Waals surface area contributed by atoms with Crippen LogP contribution in [-0.4, -0.2) is 44.0 Å². The molecule has 8 nitrogen and oxygen atoms in total. The lowest BCUT2D eigenvalue weighted by atomic mass is 9.92. The van der Waals surface area contributed by atoms with E-state index in [0.717, 1.165) is 11.2 Å². The Hall–Kier alpha value is -3.27. The molecule has 0 bridgehead atoms. The Morgan fingerprint density at radius 1 is 1.17 bits per heavy atom. The molecule has 1 atom stereocenters. The molecule has 1 heterocycles. The normalized spacial score (nSPS) is 19.2. The Labute approximate surface area is 166 Å². The molecule has 4 amide bonds. The van der Waals surface area contributed by atoms with Gasteiger partial charge in [0.15, 0.2) is 9.84 Å². The highest BCUT2D eigenvalue weighted by Gasteiger charge is 2.49. The van der Waals surface area contributed by atoms with E-state index in [0.29, 0.717) is 5.56 Å². The monoisotopic (exact) mass is 419 g/mol. The van der Waals surface area contributed by atoms with Crippen LogP contribution in [0.5, 0.6) is 0 Å². The van der Waals surface area contributed by atoms with Gasteiger partial charge < -0.3 is 10.6 Å². The second-order valence-corrected chi connectivity index (χ2v) is 8.82. The third-order valence-electron chi connectivity index (χ3n) is 4.54. The van der Waals surface area contributed by atoms with Crippen molar-refractivity contribution in [1.29, 1.82) is 0 Å². The molecule has 0 saturated carbocycles. The van der Waals surface area contributed by atoms with Crippen LogP contribution in [0.15, 0.2) is 53.4 Å². The molecule has 1 unspecified atom stereocenters. The first kappa shape index (κ1) is 20.5. The van der Waals surface area contributed by atoms with E-state index in [9.17, 15) is 27.2 Å². The third kappa shape index (κ3) is 4.11. The molecule has 1 saturated heterocycles. The summed E-state index contributed by atoms with van der Waals surface area (Å²) in [6.45, 7) is 0.901. The number of benzene rings is 2. The van der Waals surface area contributed by atoms with Crippen molar-refractivity contribution in [2.75, 3.05) is 18.1 Å². The quantitative estimate of drug-likeness (QED) is 0.716. The number of sulfone groups is 1. The van der Waals surface area contributed by atoms with Crippen molar-refractivity contribution in [2.24, 2.45) is 0 Å². The number of hydrogen-bond donors (Lipinski definition) is 2. The van der Waals surface area contributed by atoms with E-state index >= 15 is 0 Å². The molecule has 2 aromatic carbocycles. The van der Waals surface area contributed by atoms with Gasteiger partial charge in [-0.05, 0) is 42.8 Å². The Kier molecular flexibility index (Phi) is 5.14. The van der Waals surface area contributed by atoms with Gasteiger partial charge in [0.2, 0.25) is 5.91 Å². The molecule has 1 fully saturated rings. The van der Waals surface area contributed by atoms with Gasteiger partial charge in [0.25, 0.3) is 5.91 Å². The first-order valence-corrected chi connectivity index (χ1v) is 10.4. The van der Waals surface area contributed by atoms with E-state index in [1.807, 2.05) is 0 Å². The van der Waals surface area contributed by atoms with Gasteiger partial charge >= 0.3 is 6.03 Å². The zero-order chi connectivity index (χ0) is 21.4. The summed E-state index contributed by atoms with van der Waals surface area (Å²) >= 11 is 0. The molecule has 0 aromatic heterocycles. The molecule has 0 spiro atoms. The smallest absolute Gasteiger partial charge is 0.324 e. The van der Waals surface area contributed by atoms with Gasteiger partial charge in [-0.3, -0.25) is 14.5 Å². The summed E-state index contributed by atoms with van der Waals surface area (Å²) in [7, 11) is -3.46. The molecule has 1 aliphatic rings. The standard InChI is InChI=1S/C19H18FN3O5S/c1-19(12-6-8-13(20)9-7-12)17(25)23(18(26)22-19)11-16(24)21-14-4-3-5-15(10-14)29(2,27)28/h3-10H,11H2,1-2H3,(H,21,24)(H,22,26). The molecule has 3 rings (SSSR count). The topological polar surface area (TPSA) is 113 Å². The fraction of sp³-hybridized carbons (Fsp3) is 0.211. The summed E-state index contributed by atoms with van der Waals surface area (Å²) in [5.74, 6) is -1.82. The Morgan fingerprint density at radius 2 is 1.83 bits per heavy atom. The SMILES string of the molecule is CC1(c2ccc(F)cc2)NC(=O)N(CC(=O)Nc2cccc(S(C)(=O)=O)c2)C1=O. The first-order chi connectivity index (χ1) is 13.5. The zero-order valence-corrected chi connectivity index (χ0v) is 16.4. The number of nitrogens with one attached hydrogen (secondary N) is 2. The molecule has 1 aliphatic heterocycles. The second kappa shape index (κ2) is 7.28. The number of amides is 4. The van der Waals surface area contributed by atoms with Crippen LogP contribution in [0.1, 0.15) is 12.5 Å². The fourth-order valence-corrected chi connectivity index (χ4v) is 3.63. The summed E-state index contributed by atoms with van der Waals surface area (Å²) < 4.78 is 36.4. The molecule has 0 aliphatic carbocycles. The minimum Gasteiger partial charge on any atom is -0.324 e. The highest BCUT2D eigenvalue weighted by molar-refractivity contribution is 7.90. The predicted octanol–water partition coefficient (Wildman–Crippen LogP) is 1.63. The van der Waals surface area contributed by atoms with E-state index in [1.165, 1.54) is 55.5 Å². The van der Waals surface area contributed by atoms with Crippen LogP contribution in [0.2, 0.25) is 0 Å². The van der Waals surface area contributed by atoms with Crippen LogP contribution in [0.25, 0.3) is 0 Å². The number of carbonyl (C=O) groups is 3. The maximum Gasteiger partial charge on any atom is 0.325 e. The fourth-order valence-electron chi connectivity index (χ4n) is 2.97. The summed E-state index contributed by atoms with van der Waals surface area (Å²) in [5, 5.41) is 4.99. The van der Waals surface area contributed by atoms with Gasteiger partial charge in [-0.25, -0.2) is 17.6 Å². The molecule has 2 N–H and O–H groups in total. The number of rotatable bonds is 5. The van der Waals surface area contributed by atoms with E-state index in [2.05, 4.69) is 10.6 Å². The van der Waals surface area contributed by atoms with Crippen molar-refractivity contribution in [3.8, 4) is 0 Å². The molecule has 2 aromatic rings. The van der Waals surface area contributed by atoms with Crippen LogP contribution < -0.4 is 10.6 Å². The minimum absolute atomic E-state index is 0.0224. The van der Waals surface area contributed by atoms with Crippen molar-refractivity contribution in [1.82, 2.24) is 10.2 Å². The maximum atomic E-state index is 13.2. The number of hydrogen-bond acceptors (Lipinski definition) is 5. The van der Waals surface area contributed by atoms with Gasteiger partial charge in [0, 0.05) is 11.9 Å². The average molecular weight is 419 g/mol. The van der Waals surface area contributed by atoms with E-state index < -0.39 is 45.6 Å².